The molecule has 1 aromatic heterocycles. The second-order valence-electron chi connectivity index (χ2n) is 4.17. The van der Waals surface area contributed by atoms with Crippen molar-refractivity contribution in [1.82, 2.24) is 4.98 Å². The van der Waals surface area contributed by atoms with Crippen LogP contribution in [0.1, 0.15) is 19.3 Å². The lowest BCUT2D eigenvalue weighted by Gasteiger charge is -2.12. The van der Waals surface area contributed by atoms with Crippen molar-refractivity contribution in [2.75, 3.05) is 5.75 Å². The first-order chi connectivity index (χ1) is 7.61. The minimum absolute atomic E-state index is 0.0409. The Morgan fingerprint density at radius 1 is 1.62 bits per heavy atom. The molecular weight excluding hydrogens is 290 g/mol. The van der Waals surface area contributed by atoms with Crippen LogP contribution in [-0.2, 0) is 4.79 Å². The largest absolute Gasteiger partial charge is 0.481 e. The van der Waals surface area contributed by atoms with Crippen LogP contribution in [0.2, 0.25) is 0 Å². The van der Waals surface area contributed by atoms with Crippen molar-refractivity contribution in [3.05, 3.63) is 22.9 Å². The van der Waals surface area contributed by atoms with Crippen LogP contribution in [0, 0.1) is 5.41 Å². The van der Waals surface area contributed by atoms with E-state index < -0.39 is 5.97 Å². The summed E-state index contributed by atoms with van der Waals surface area (Å²) in [5, 5.41) is 8.81. The van der Waals surface area contributed by atoms with Crippen molar-refractivity contribution >= 4 is 33.7 Å². The van der Waals surface area contributed by atoms with E-state index in [1.165, 1.54) is 0 Å². The fourth-order valence-corrected chi connectivity index (χ4v) is 3.37. The van der Waals surface area contributed by atoms with Gasteiger partial charge in [0.05, 0.1) is 6.42 Å². The summed E-state index contributed by atoms with van der Waals surface area (Å²) in [6.45, 7) is 0. The summed E-state index contributed by atoms with van der Waals surface area (Å²) in [5.41, 5.74) is 0.0409. The maximum atomic E-state index is 10.7. The molecule has 0 spiro atoms. The van der Waals surface area contributed by atoms with Crippen LogP contribution in [-0.4, -0.2) is 21.8 Å². The van der Waals surface area contributed by atoms with Crippen LogP contribution < -0.4 is 0 Å². The number of aromatic nitrogens is 1. The number of thioether (sulfide) groups is 1. The van der Waals surface area contributed by atoms with Crippen LogP contribution in [0.15, 0.2) is 27.8 Å². The Balaban J connectivity index is 1.93. The van der Waals surface area contributed by atoms with Gasteiger partial charge in [-0.05, 0) is 40.3 Å². The Labute approximate surface area is 107 Å². The molecule has 0 saturated heterocycles. The summed E-state index contributed by atoms with van der Waals surface area (Å²) in [4.78, 5) is 15.8. The van der Waals surface area contributed by atoms with Gasteiger partial charge in [0.25, 0.3) is 0 Å². The predicted molar refractivity (Wildman–Crippen MR) is 66.6 cm³/mol. The standard InChI is InChI=1S/C11H12BrNO2S/c12-8-6-13-4-1-9(8)16-7-11(2-3-11)5-10(14)15/h1,4,6H,2-3,5,7H2,(H,14,15). The zero-order valence-electron chi connectivity index (χ0n) is 8.65. The van der Waals surface area contributed by atoms with Gasteiger partial charge in [-0.15, -0.1) is 11.8 Å². The lowest BCUT2D eigenvalue weighted by molar-refractivity contribution is -0.138. The van der Waals surface area contributed by atoms with Gasteiger partial charge in [-0.3, -0.25) is 9.78 Å². The summed E-state index contributed by atoms with van der Waals surface area (Å²) in [6.07, 6.45) is 5.88. The molecule has 16 heavy (non-hydrogen) atoms. The number of carboxylic acid groups (broad SMARTS) is 1. The maximum absolute atomic E-state index is 10.7. The highest BCUT2D eigenvalue weighted by molar-refractivity contribution is 9.10. The van der Waals surface area contributed by atoms with Gasteiger partial charge >= 0.3 is 5.97 Å². The van der Waals surface area contributed by atoms with Gasteiger partial charge in [0.2, 0.25) is 0 Å². The Morgan fingerprint density at radius 3 is 2.94 bits per heavy atom. The number of nitrogens with zero attached hydrogens (tertiary/aromatic N) is 1. The SMILES string of the molecule is O=C(O)CC1(CSc2ccncc2Br)CC1. The van der Waals surface area contributed by atoms with E-state index in [1.807, 2.05) is 6.07 Å². The molecule has 2 rings (SSSR count). The van der Waals surface area contributed by atoms with E-state index in [4.69, 9.17) is 5.11 Å². The summed E-state index contributed by atoms with van der Waals surface area (Å²) in [6, 6.07) is 1.95. The summed E-state index contributed by atoms with van der Waals surface area (Å²) in [5.74, 6) is 0.189. The molecule has 0 bridgehead atoms. The molecule has 0 aromatic carbocycles. The van der Waals surface area contributed by atoms with Gasteiger partial charge in [-0.1, -0.05) is 0 Å². The van der Waals surface area contributed by atoms with Gasteiger partial charge in [0.15, 0.2) is 0 Å². The molecule has 3 nitrogen and oxygen atoms in total. The topological polar surface area (TPSA) is 50.2 Å². The van der Waals surface area contributed by atoms with E-state index in [9.17, 15) is 4.79 Å². The number of hydrogen-bond donors (Lipinski definition) is 1. The zero-order chi connectivity index (χ0) is 11.6. The molecule has 1 aromatic rings. The molecule has 0 aliphatic heterocycles. The van der Waals surface area contributed by atoms with Gasteiger partial charge in [0.1, 0.15) is 0 Å². The number of hydrogen-bond acceptors (Lipinski definition) is 3. The molecule has 1 N–H and O–H groups in total. The minimum atomic E-state index is -0.688. The van der Waals surface area contributed by atoms with E-state index in [2.05, 4.69) is 20.9 Å². The number of aliphatic carboxylic acids is 1. The van der Waals surface area contributed by atoms with Crippen LogP contribution in [0.5, 0.6) is 0 Å². The summed E-state index contributed by atoms with van der Waals surface area (Å²) >= 11 is 5.14. The first kappa shape index (κ1) is 11.9. The molecule has 0 atom stereocenters. The van der Waals surface area contributed by atoms with E-state index in [0.29, 0.717) is 6.42 Å². The molecule has 1 heterocycles. The van der Waals surface area contributed by atoms with Crippen molar-refractivity contribution < 1.29 is 9.90 Å². The highest BCUT2D eigenvalue weighted by Gasteiger charge is 2.44. The molecule has 1 fully saturated rings. The fraction of sp³-hybridized carbons (Fsp3) is 0.455. The number of rotatable bonds is 5. The number of pyridine rings is 1. The number of carboxylic acids is 1. The Morgan fingerprint density at radius 2 is 2.38 bits per heavy atom. The Bertz CT molecular complexity index is 407. The summed E-state index contributed by atoms with van der Waals surface area (Å²) in [7, 11) is 0. The van der Waals surface area contributed by atoms with Crippen molar-refractivity contribution in [1.29, 1.82) is 0 Å². The fourth-order valence-electron chi connectivity index (χ4n) is 1.58. The summed E-state index contributed by atoms with van der Waals surface area (Å²) < 4.78 is 0.978. The van der Waals surface area contributed by atoms with Crippen molar-refractivity contribution in [2.24, 2.45) is 5.41 Å². The lowest BCUT2D eigenvalue weighted by atomic mass is 10.1. The average Bonchev–Trinajstić information content (AvgIpc) is 2.96. The van der Waals surface area contributed by atoms with Crippen LogP contribution in [0.25, 0.3) is 0 Å². The average molecular weight is 302 g/mol. The lowest BCUT2D eigenvalue weighted by Crippen LogP contribution is -2.10. The third-order valence-corrected chi connectivity index (χ3v) is 5.07. The third-order valence-electron chi connectivity index (χ3n) is 2.75. The first-order valence-electron chi connectivity index (χ1n) is 5.05. The van der Waals surface area contributed by atoms with Crippen molar-refractivity contribution in [3.63, 3.8) is 0 Å². The normalized spacial score (nSPS) is 17.1. The second kappa shape index (κ2) is 4.75. The molecule has 1 aliphatic carbocycles. The van der Waals surface area contributed by atoms with Crippen LogP contribution in [0.4, 0.5) is 0 Å². The number of halogens is 1. The molecule has 1 saturated carbocycles. The van der Waals surface area contributed by atoms with Crippen molar-refractivity contribution in [2.45, 2.75) is 24.2 Å². The molecular formula is C11H12BrNO2S. The van der Waals surface area contributed by atoms with Gasteiger partial charge in [-0.2, -0.15) is 0 Å². The molecule has 86 valence electrons. The number of carbonyl (C=O) groups is 1. The predicted octanol–water partition coefficient (Wildman–Crippen LogP) is 3.19. The molecule has 1 aliphatic rings. The molecule has 5 heteroatoms. The first-order valence-corrected chi connectivity index (χ1v) is 6.83. The van der Waals surface area contributed by atoms with Gasteiger partial charge < -0.3 is 5.11 Å². The molecule has 0 unspecified atom stereocenters. The quantitative estimate of drug-likeness (QED) is 0.849. The van der Waals surface area contributed by atoms with Crippen LogP contribution >= 0.6 is 27.7 Å². The van der Waals surface area contributed by atoms with Gasteiger partial charge in [-0.25, -0.2) is 0 Å². The van der Waals surface area contributed by atoms with E-state index in [0.717, 1.165) is 28.0 Å². The van der Waals surface area contributed by atoms with Crippen LogP contribution in [0.3, 0.4) is 0 Å². The van der Waals surface area contributed by atoms with Gasteiger partial charge in [0, 0.05) is 27.5 Å². The molecule has 0 amide bonds. The third kappa shape index (κ3) is 2.98. The zero-order valence-corrected chi connectivity index (χ0v) is 11.1. The minimum Gasteiger partial charge on any atom is -0.481 e. The maximum Gasteiger partial charge on any atom is 0.303 e. The highest BCUT2D eigenvalue weighted by Crippen LogP contribution is 2.52. The van der Waals surface area contributed by atoms with E-state index in [1.54, 1.807) is 24.2 Å². The van der Waals surface area contributed by atoms with E-state index >= 15 is 0 Å². The Hall–Kier alpha value is -0.550. The Kier molecular flexibility index (Phi) is 3.54. The van der Waals surface area contributed by atoms with E-state index in [-0.39, 0.29) is 5.41 Å². The second-order valence-corrected chi connectivity index (χ2v) is 6.04. The smallest absolute Gasteiger partial charge is 0.303 e. The monoisotopic (exact) mass is 301 g/mol. The van der Waals surface area contributed by atoms with Crippen molar-refractivity contribution in [3.8, 4) is 0 Å². The highest BCUT2D eigenvalue weighted by atomic mass is 79.9. The molecule has 0 radical (unpaired) electrons.